The van der Waals surface area contributed by atoms with Crippen molar-refractivity contribution >= 4 is 29.2 Å². The zero-order chi connectivity index (χ0) is 15.5. The van der Waals surface area contributed by atoms with Crippen LogP contribution in [0.2, 0.25) is 5.02 Å². The Morgan fingerprint density at radius 2 is 1.95 bits per heavy atom. The van der Waals surface area contributed by atoms with Gasteiger partial charge >= 0.3 is 5.97 Å². The number of nitrogens with one attached hydrogen (secondary N) is 1. The Hall–Kier alpha value is -1.59. The molecule has 1 saturated carbocycles. The van der Waals surface area contributed by atoms with Gasteiger partial charge in [0.15, 0.2) is 0 Å². The van der Waals surface area contributed by atoms with Crippen LogP contribution in [0.1, 0.15) is 42.5 Å². The summed E-state index contributed by atoms with van der Waals surface area (Å²) in [6, 6.07) is 4.24. The summed E-state index contributed by atoms with van der Waals surface area (Å²) < 4.78 is 0. The van der Waals surface area contributed by atoms with E-state index in [2.05, 4.69) is 5.32 Å². The van der Waals surface area contributed by atoms with Gasteiger partial charge in [-0.25, -0.2) is 4.79 Å². The largest absolute Gasteiger partial charge is 0.478 e. The number of rotatable bonds is 4. The first-order valence-electron chi connectivity index (χ1n) is 7.03. The van der Waals surface area contributed by atoms with Crippen molar-refractivity contribution in [3.63, 3.8) is 0 Å². The molecule has 1 amide bonds. The van der Waals surface area contributed by atoms with Crippen LogP contribution in [0.5, 0.6) is 0 Å². The van der Waals surface area contributed by atoms with E-state index in [1.54, 1.807) is 0 Å². The number of hydrogen-bond donors (Lipinski definition) is 3. The van der Waals surface area contributed by atoms with Gasteiger partial charge < -0.3 is 16.2 Å². The molecule has 0 aromatic heterocycles. The molecule has 5 nitrogen and oxygen atoms in total. The highest BCUT2D eigenvalue weighted by Gasteiger charge is 2.38. The molecule has 1 aliphatic carbocycles. The molecule has 0 saturated heterocycles. The number of amides is 1. The van der Waals surface area contributed by atoms with E-state index in [0.717, 1.165) is 32.1 Å². The molecular formula is C15H19ClN2O3. The lowest BCUT2D eigenvalue weighted by Gasteiger charge is -2.34. The van der Waals surface area contributed by atoms with Gasteiger partial charge in [0.05, 0.1) is 21.7 Å². The molecular weight excluding hydrogens is 292 g/mol. The number of carbonyl (C=O) groups excluding carboxylic acids is 1. The smallest absolute Gasteiger partial charge is 0.335 e. The summed E-state index contributed by atoms with van der Waals surface area (Å²) in [6.45, 7) is 0.287. The number of aromatic carboxylic acids is 1. The Balaban J connectivity index is 2.22. The molecule has 0 spiro atoms. The van der Waals surface area contributed by atoms with E-state index in [1.165, 1.54) is 18.2 Å². The maximum Gasteiger partial charge on any atom is 0.335 e. The average Bonchev–Trinajstić information content (AvgIpc) is 2.49. The van der Waals surface area contributed by atoms with Crippen molar-refractivity contribution in [2.45, 2.75) is 32.1 Å². The highest BCUT2D eigenvalue weighted by molar-refractivity contribution is 6.34. The molecule has 2 rings (SSSR count). The van der Waals surface area contributed by atoms with Crippen LogP contribution >= 0.6 is 11.6 Å². The average molecular weight is 311 g/mol. The third kappa shape index (κ3) is 3.36. The molecule has 1 aromatic rings. The lowest BCUT2D eigenvalue weighted by molar-refractivity contribution is -0.126. The Morgan fingerprint density at radius 3 is 2.52 bits per heavy atom. The third-order valence-corrected chi connectivity index (χ3v) is 4.47. The van der Waals surface area contributed by atoms with Gasteiger partial charge in [0.2, 0.25) is 5.91 Å². The first-order valence-corrected chi connectivity index (χ1v) is 7.41. The summed E-state index contributed by atoms with van der Waals surface area (Å²) in [5.41, 5.74) is 5.66. The standard InChI is InChI=1S/C15H19ClN2O3/c16-11-5-4-10(13(19)20)8-12(11)18-14(21)15(9-17)6-2-1-3-7-15/h4-5,8H,1-3,6-7,9,17H2,(H,18,21)(H,19,20). The Kier molecular flexibility index (Phi) is 4.85. The lowest BCUT2D eigenvalue weighted by atomic mass is 9.73. The van der Waals surface area contributed by atoms with E-state index < -0.39 is 11.4 Å². The molecule has 21 heavy (non-hydrogen) atoms. The SMILES string of the molecule is NCC1(C(=O)Nc2cc(C(=O)O)ccc2Cl)CCCCC1. The molecule has 1 fully saturated rings. The Labute approximate surface area is 128 Å². The van der Waals surface area contributed by atoms with Crippen LogP contribution in [0.4, 0.5) is 5.69 Å². The molecule has 0 radical (unpaired) electrons. The van der Waals surface area contributed by atoms with E-state index in [-0.39, 0.29) is 18.0 Å². The topological polar surface area (TPSA) is 92.4 Å². The minimum Gasteiger partial charge on any atom is -0.478 e. The van der Waals surface area contributed by atoms with E-state index in [9.17, 15) is 9.59 Å². The van der Waals surface area contributed by atoms with Crippen molar-refractivity contribution in [3.05, 3.63) is 28.8 Å². The predicted molar refractivity (Wildman–Crippen MR) is 81.6 cm³/mol. The number of nitrogens with two attached hydrogens (primary N) is 1. The van der Waals surface area contributed by atoms with Crippen LogP contribution in [0.25, 0.3) is 0 Å². The Bertz CT molecular complexity index is 554. The van der Waals surface area contributed by atoms with Crippen LogP contribution < -0.4 is 11.1 Å². The fourth-order valence-electron chi connectivity index (χ4n) is 2.76. The summed E-state index contributed by atoms with van der Waals surface area (Å²) in [6.07, 6.45) is 4.59. The zero-order valence-corrected chi connectivity index (χ0v) is 12.4. The normalized spacial score (nSPS) is 17.2. The van der Waals surface area contributed by atoms with Crippen molar-refractivity contribution < 1.29 is 14.7 Å². The van der Waals surface area contributed by atoms with Gasteiger partial charge in [-0.3, -0.25) is 4.79 Å². The summed E-state index contributed by atoms with van der Waals surface area (Å²) >= 11 is 6.03. The molecule has 0 heterocycles. The van der Waals surface area contributed by atoms with Gasteiger partial charge in [-0.05, 0) is 31.0 Å². The zero-order valence-electron chi connectivity index (χ0n) is 11.7. The maximum atomic E-state index is 12.6. The first-order chi connectivity index (χ1) is 9.98. The minimum atomic E-state index is -1.06. The fourth-order valence-corrected chi connectivity index (χ4v) is 2.93. The summed E-state index contributed by atoms with van der Waals surface area (Å²) in [4.78, 5) is 23.6. The van der Waals surface area contributed by atoms with Crippen LogP contribution in [0.3, 0.4) is 0 Å². The summed E-state index contributed by atoms with van der Waals surface area (Å²) in [5, 5.41) is 12.1. The van der Waals surface area contributed by atoms with Crippen molar-refractivity contribution in [1.82, 2.24) is 0 Å². The number of benzene rings is 1. The molecule has 0 atom stereocenters. The monoisotopic (exact) mass is 310 g/mol. The number of halogens is 1. The number of carboxylic acid groups (broad SMARTS) is 1. The predicted octanol–water partition coefficient (Wildman–Crippen LogP) is 2.89. The van der Waals surface area contributed by atoms with E-state index in [1.807, 2.05) is 0 Å². The number of carbonyl (C=O) groups is 2. The molecule has 6 heteroatoms. The third-order valence-electron chi connectivity index (χ3n) is 4.14. The molecule has 0 aliphatic heterocycles. The molecule has 0 bridgehead atoms. The Morgan fingerprint density at radius 1 is 1.29 bits per heavy atom. The van der Waals surface area contributed by atoms with Gasteiger partial charge in [0.1, 0.15) is 0 Å². The molecule has 4 N–H and O–H groups in total. The second kappa shape index (κ2) is 6.45. The first kappa shape index (κ1) is 15.8. The molecule has 1 aromatic carbocycles. The van der Waals surface area contributed by atoms with Gasteiger partial charge in [-0.1, -0.05) is 30.9 Å². The lowest BCUT2D eigenvalue weighted by Crippen LogP contribution is -2.43. The number of hydrogen-bond acceptors (Lipinski definition) is 3. The van der Waals surface area contributed by atoms with Gasteiger partial charge in [-0.2, -0.15) is 0 Å². The number of carboxylic acids is 1. The van der Waals surface area contributed by atoms with Crippen molar-refractivity contribution in [1.29, 1.82) is 0 Å². The fraction of sp³-hybridized carbons (Fsp3) is 0.467. The van der Waals surface area contributed by atoms with Gasteiger partial charge in [0.25, 0.3) is 0 Å². The second-order valence-electron chi connectivity index (χ2n) is 5.50. The number of anilines is 1. The van der Waals surface area contributed by atoms with Gasteiger partial charge in [-0.15, -0.1) is 0 Å². The van der Waals surface area contributed by atoms with E-state index >= 15 is 0 Å². The maximum absolute atomic E-state index is 12.6. The summed E-state index contributed by atoms with van der Waals surface area (Å²) in [5.74, 6) is -1.23. The molecule has 0 unspecified atom stereocenters. The van der Waals surface area contributed by atoms with E-state index in [4.69, 9.17) is 22.4 Å². The van der Waals surface area contributed by atoms with Crippen molar-refractivity contribution in [3.8, 4) is 0 Å². The quantitative estimate of drug-likeness (QED) is 0.797. The second-order valence-corrected chi connectivity index (χ2v) is 5.91. The van der Waals surface area contributed by atoms with Crippen LogP contribution in [0.15, 0.2) is 18.2 Å². The molecule has 114 valence electrons. The minimum absolute atomic E-state index is 0.0835. The van der Waals surface area contributed by atoms with Crippen LogP contribution in [-0.4, -0.2) is 23.5 Å². The highest BCUT2D eigenvalue weighted by Crippen LogP contribution is 2.37. The van der Waals surface area contributed by atoms with Crippen molar-refractivity contribution in [2.24, 2.45) is 11.1 Å². The van der Waals surface area contributed by atoms with Crippen molar-refractivity contribution in [2.75, 3.05) is 11.9 Å². The highest BCUT2D eigenvalue weighted by atomic mass is 35.5. The summed E-state index contributed by atoms with van der Waals surface area (Å²) in [7, 11) is 0. The molecule has 1 aliphatic rings. The van der Waals surface area contributed by atoms with Gasteiger partial charge in [0, 0.05) is 6.54 Å². The van der Waals surface area contributed by atoms with Crippen LogP contribution in [0, 0.1) is 5.41 Å². The van der Waals surface area contributed by atoms with Crippen LogP contribution in [-0.2, 0) is 4.79 Å². The van der Waals surface area contributed by atoms with E-state index in [0.29, 0.717) is 10.7 Å².